The number of rotatable bonds is 6. The third-order valence-corrected chi connectivity index (χ3v) is 4.53. The van der Waals surface area contributed by atoms with Gasteiger partial charge in [-0.25, -0.2) is 0 Å². The predicted molar refractivity (Wildman–Crippen MR) is 70.6 cm³/mol. The molecule has 4 nitrogen and oxygen atoms in total. The van der Waals surface area contributed by atoms with Crippen molar-refractivity contribution in [3.05, 3.63) is 0 Å². The minimum absolute atomic E-state index is 0.0362. The molecule has 1 aliphatic heterocycles. The summed E-state index contributed by atoms with van der Waals surface area (Å²) >= 11 is 0. The van der Waals surface area contributed by atoms with Crippen LogP contribution in [0.4, 0.5) is 0 Å². The van der Waals surface area contributed by atoms with E-state index in [0.717, 1.165) is 39.3 Å². The third kappa shape index (κ3) is 3.05. The molecule has 3 fully saturated rings. The SMILES string of the molecule is OCC(CN1CCCOCC1)(NC1CC1)C1CC1. The molecule has 104 valence electrons. The second-order valence-corrected chi connectivity index (χ2v) is 6.25. The number of hydrogen-bond acceptors (Lipinski definition) is 4. The number of ether oxygens (including phenoxy) is 1. The number of nitrogens with zero attached hydrogens (tertiary/aromatic N) is 1. The molecule has 3 rings (SSSR count). The Morgan fingerprint density at radius 3 is 2.67 bits per heavy atom. The smallest absolute Gasteiger partial charge is 0.0628 e. The van der Waals surface area contributed by atoms with E-state index in [-0.39, 0.29) is 12.1 Å². The summed E-state index contributed by atoms with van der Waals surface area (Å²) in [6.07, 6.45) is 6.26. The maximum Gasteiger partial charge on any atom is 0.0628 e. The number of aliphatic hydroxyl groups is 1. The summed E-state index contributed by atoms with van der Waals surface area (Å²) in [6, 6.07) is 0.668. The van der Waals surface area contributed by atoms with Gasteiger partial charge in [0.1, 0.15) is 0 Å². The van der Waals surface area contributed by atoms with Gasteiger partial charge in [0.25, 0.3) is 0 Å². The molecule has 1 atom stereocenters. The first-order valence-corrected chi connectivity index (χ1v) is 7.51. The van der Waals surface area contributed by atoms with E-state index in [9.17, 15) is 5.11 Å². The number of aliphatic hydroxyl groups excluding tert-OH is 1. The van der Waals surface area contributed by atoms with E-state index < -0.39 is 0 Å². The Labute approximate surface area is 110 Å². The predicted octanol–water partition coefficient (Wildman–Crippen LogP) is 0.602. The highest BCUT2D eigenvalue weighted by Gasteiger charge is 2.48. The Hall–Kier alpha value is -0.160. The molecule has 0 aromatic carbocycles. The van der Waals surface area contributed by atoms with Crippen molar-refractivity contribution in [2.24, 2.45) is 5.92 Å². The topological polar surface area (TPSA) is 44.7 Å². The molecule has 0 amide bonds. The van der Waals surface area contributed by atoms with E-state index in [2.05, 4.69) is 10.2 Å². The van der Waals surface area contributed by atoms with E-state index >= 15 is 0 Å². The molecule has 18 heavy (non-hydrogen) atoms. The van der Waals surface area contributed by atoms with Crippen LogP contribution in [0.3, 0.4) is 0 Å². The Morgan fingerprint density at radius 2 is 2.00 bits per heavy atom. The molecule has 0 radical (unpaired) electrons. The zero-order chi connectivity index (χ0) is 12.4. The Bertz CT molecular complexity index is 271. The van der Waals surface area contributed by atoms with E-state index in [0.29, 0.717) is 12.0 Å². The number of hydrogen-bond donors (Lipinski definition) is 2. The summed E-state index contributed by atoms with van der Waals surface area (Å²) < 4.78 is 5.52. The normalized spacial score (nSPS) is 29.8. The fourth-order valence-corrected chi connectivity index (χ4v) is 3.14. The van der Waals surface area contributed by atoms with Gasteiger partial charge in [-0.3, -0.25) is 4.90 Å². The second-order valence-electron chi connectivity index (χ2n) is 6.25. The summed E-state index contributed by atoms with van der Waals surface area (Å²) in [5.74, 6) is 0.687. The lowest BCUT2D eigenvalue weighted by Crippen LogP contribution is -2.59. The highest BCUT2D eigenvalue weighted by Crippen LogP contribution is 2.42. The molecule has 1 saturated heterocycles. The monoisotopic (exact) mass is 254 g/mol. The second kappa shape index (κ2) is 5.45. The molecule has 0 spiro atoms. The quantitative estimate of drug-likeness (QED) is 0.729. The first kappa shape index (κ1) is 12.9. The van der Waals surface area contributed by atoms with Gasteiger partial charge in [-0.05, 0) is 38.0 Å². The number of nitrogens with one attached hydrogen (secondary N) is 1. The van der Waals surface area contributed by atoms with Gasteiger partial charge in [0.15, 0.2) is 0 Å². The fraction of sp³-hybridized carbons (Fsp3) is 1.00. The van der Waals surface area contributed by atoms with Gasteiger partial charge >= 0.3 is 0 Å². The van der Waals surface area contributed by atoms with Crippen LogP contribution in [0.25, 0.3) is 0 Å². The lowest BCUT2D eigenvalue weighted by Gasteiger charge is -2.38. The maximum atomic E-state index is 9.94. The van der Waals surface area contributed by atoms with Gasteiger partial charge in [-0.15, -0.1) is 0 Å². The van der Waals surface area contributed by atoms with Crippen LogP contribution in [0, 0.1) is 5.92 Å². The van der Waals surface area contributed by atoms with Crippen molar-refractivity contribution in [1.82, 2.24) is 10.2 Å². The van der Waals surface area contributed by atoms with Gasteiger partial charge in [-0.2, -0.15) is 0 Å². The van der Waals surface area contributed by atoms with Crippen LogP contribution in [-0.4, -0.2) is 61.0 Å². The minimum Gasteiger partial charge on any atom is -0.394 e. The summed E-state index contributed by atoms with van der Waals surface area (Å²) in [5.41, 5.74) is -0.0362. The van der Waals surface area contributed by atoms with Crippen molar-refractivity contribution in [1.29, 1.82) is 0 Å². The van der Waals surface area contributed by atoms with Crippen LogP contribution in [-0.2, 0) is 4.74 Å². The van der Waals surface area contributed by atoms with Crippen LogP contribution in [0.1, 0.15) is 32.1 Å². The summed E-state index contributed by atoms with van der Waals surface area (Å²) in [5, 5.41) is 13.7. The van der Waals surface area contributed by atoms with Crippen LogP contribution in [0.15, 0.2) is 0 Å². The molecule has 0 aromatic rings. The Balaban J connectivity index is 1.63. The standard InChI is InChI=1S/C14H26N2O2/c17-11-14(12-2-3-12,15-13-4-5-13)10-16-6-1-8-18-9-7-16/h12-13,15,17H,1-11H2. The summed E-state index contributed by atoms with van der Waals surface area (Å²) in [6.45, 7) is 5.14. The van der Waals surface area contributed by atoms with Crippen molar-refractivity contribution in [3.63, 3.8) is 0 Å². The van der Waals surface area contributed by atoms with Crippen LogP contribution >= 0.6 is 0 Å². The Kier molecular flexibility index (Phi) is 3.89. The molecule has 2 N–H and O–H groups in total. The fourth-order valence-electron chi connectivity index (χ4n) is 3.14. The highest BCUT2D eigenvalue weighted by molar-refractivity contribution is 5.06. The molecule has 1 heterocycles. The van der Waals surface area contributed by atoms with E-state index in [1.165, 1.54) is 25.7 Å². The van der Waals surface area contributed by atoms with Gasteiger partial charge in [0.2, 0.25) is 0 Å². The summed E-state index contributed by atoms with van der Waals surface area (Å²) in [4.78, 5) is 2.48. The van der Waals surface area contributed by atoms with Crippen LogP contribution in [0.2, 0.25) is 0 Å². The van der Waals surface area contributed by atoms with Crippen LogP contribution in [0.5, 0.6) is 0 Å². The van der Waals surface area contributed by atoms with Crippen molar-refractivity contribution in [3.8, 4) is 0 Å². The average Bonchev–Trinajstić information content (AvgIpc) is 3.21. The molecule has 4 heteroatoms. The lowest BCUT2D eigenvalue weighted by molar-refractivity contribution is 0.0840. The largest absolute Gasteiger partial charge is 0.394 e. The Morgan fingerprint density at radius 1 is 1.17 bits per heavy atom. The first-order valence-electron chi connectivity index (χ1n) is 7.51. The highest BCUT2D eigenvalue weighted by atomic mass is 16.5. The van der Waals surface area contributed by atoms with Crippen LogP contribution < -0.4 is 5.32 Å². The van der Waals surface area contributed by atoms with Gasteiger partial charge < -0.3 is 15.2 Å². The average molecular weight is 254 g/mol. The zero-order valence-corrected chi connectivity index (χ0v) is 11.2. The molecule has 0 aromatic heterocycles. The van der Waals surface area contributed by atoms with Gasteiger partial charge in [0.05, 0.1) is 18.8 Å². The molecule has 0 bridgehead atoms. The van der Waals surface area contributed by atoms with Gasteiger partial charge in [0, 0.05) is 32.3 Å². The molecule has 1 unspecified atom stereocenters. The van der Waals surface area contributed by atoms with Crippen molar-refractivity contribution < 1.29 is 9.84 Å². The molecule has 3 aliphatic rings. The van der Waals surface area contributed by atoms with Crippen molar-refractivity contribution >= 4 is 0 Å². The third-order valence-electron chi connectivity index (χ3n) is 4.53. The minimum atomic E-state index is -0.0362. The molecule has 2 aliphatic carbocycles. The van der Waals surface area contributed by atoms with E-state index in [4.69, 9.17) is 4.74 Å². The van der Waals surface area contributed by atoms with Crippen molar-refractivity contribution in [2.75, 3.05) is 39.5 Å². The molecular formula is C14H26N2O2. The molecule has 2 saturated carbocycles. The molecular weight excluding hydrogens is 228 g/mol. The van der Waals surface area contributed by atoms with E-state index in [1.54, 1.807) is 0 Å². The van der Waals surface area contributed by atoms with Gasteiger partial charge in [-0.1, -0.05) is 0 Å². The van der Waals surface area contributed by atoms with Crippen molar-refractivity contribution in [2.45, 2.75) is 43.7 Å². The van der Waals surface area contributed by atoms with E-state index in [1.807, 2.05) is 0 Å². The zero-order valence-electron chi connectivity index (χ0n) is 11.2. The lowest BCUT2D eigenvalue weighted by atomic mass is 9.92. The maximum absolute atomic E-state index is 9.94. The first-order chi connectivity index (χ1) is 8.82. The summed E-state index contributed by atoms with van der Waals surface area (Å²) in [7, 11) is 0.